The summed E-state index contributed by atoms with van der Waals surface area (Å²) in [6.45, 7) is 0.289. The summed E-state index contributed by atoms with van der Waals surface area (Å²) < 4.78 is 5.47. The lowest BCUT2D eigenvalue weighted by molar-refractivity contribution is -0.145. The minimum Gasteiger partial charge on any atom is -0.508 e. The molecule has 1 atom stereocenters. The van der Waals surface area contributed by atoms with Crippen molar-refractivity contribution in [2.45, 2.75) is 6.42 Å². The first-order valence-corrected chi connectivity index (χ1v) is 6.88. The highest BCUT2D eigenvalue weighted by atomic mass is 32.1. The Morgan fingerprint density at radius 3 is 3.10 bits per heavy atom. The molecule has 7 heteroatoms. The van der Waals surface area contributed by atoms with E-state index in [1.54, 1.807) is 18.2 Å². The monoisotopic (exact) mass is 292 g/mol. The maximum Gasteiger partial charge on any atom is 0.311 e. The van der Waals surface area contributed by atoms with Gasteiger partial charge in [-0.1, -0.05) is 11.3 Å². The van der Waals surface area contributed by atoms with Gasteiger partial charge in [0.15, 0.2) is 5.13 Å². The van der Waals surface area contributed by atoms with E-state index in [2.05, 4.69) is 9.72 Å². The lowest BCUT2D eigenvalue weighted by Gasteiger charge is -2.11. The summed E-state index contributed by atoms with van der Waals surface area (Å²) in [6.07, 6.45) is 0.147. The van der Waals surface area contributed by atoms with Crippen LogP contribution >= 0.6 is 11.3 Å². The number of amides is 1. The summed E-state index contributed by atoms with van der Waals surface area (Å²) in [5.74, 6) is -0.788. The van der Waals surface area contributed by atoms with Crippen LogP contribution in [0, 0.1) is 5.92 Å². The number of carbonyl (C=O) groups is 2. The van der Waals surface area contributed by atoms with Crippen LogP contribution in [-0.2, 0) is 14.3 Å². The average molecular weight is 292 g/mol. The van der Waals surface area contributed by atoms with Crippen LogP contribution in [0.15, 0.2) is 18.2 Å². The summed E-state index contributed by atoms with van der Waals surface area (Å²) >= 11 is 1.32. The third-order valence-corrected chi connectivity index (χ3v) is 4.29. The van der Waals surface area contributed by atoms with E-state index in [0.29, 0.717) is 5.13 Å². The molecule has 2 heterocycles. The van der Waals surface area contributed by atoms with E-state index in [4.69, 9.17) is 0 Å². The number of phenolic OH excluding ortho intramolecular Hbond substituents is 1. The predicted molar refractivity (Wildman–Crippen MR) is 73.8 cm³/mol. The predicted octanol–water partition coefficient (Wildman–Crippen LogP) is 1.53. The molecule has 104 valence electrons. The third kappa shape index (κ3) is 2.09. The number of rotatable bonds is 2. The van der Waals surface area contributed by atoms with Crippen molar-refractivity contribution in [1.29, 1.82) is 0 Å². The lowest BCUT2D eigenvalue weighted by Crippen LogP contribution is -2.25. The average Bonchev–Trinajstić information content (AvgIpc) is 3.00. The minimum absolute atomic E-state index is 0.135. The maximum absolute atomic E-state index is 12.0. The van der Waals surface area contributed by atoms with Gasteiger partial charge >= 0.3 is 5.97 Å². The van der Waals surface area contributed by atoms with Crippen molar-refractivity contribution in [2.24, 2.45) is 5.92 Å². The standard InChI is InChI=1S/C13H12N2O4S/c1-19-12(18)7-4-11(17)15(6-7)13-14-9-3-2-8(16)5-10(9)20-13/h2-3,5,7,16H,4,6H2,1H3. The summed E-state index contributed by atoms with van der Waals surface area (Å²) in [4.78, 5) is 29.4. The number of hydrogen-bond acceptors (Lipinski definition) is 6. The Hall–Kier alpha value is -2.15. The van der Waals surface area contributed by atoms with Crippen LogP contribution in [-0.4, -0.2) is 35.6 Å². The Morgan fingerprint density at radius 2 is 2.35 bits per heavy atom. The van der Waals surface area contributed by atoms with Crippen molar-refractivity contribution in [1.82, 2.24) is 4.98 Å². The van der Waals surface area contributed by atoms with E-state index in [0.717, 1.165) is 10.2 Å². The quantitative estimate of drug-likeness (QED) is 0.849. The number of esters is 1. The van der Waals surface area contributed by atoms with Crippen LogP contribution in [0.1, 0.15) is 6.42 Å². The fourth-order valence-electron chi connectivity index (χ4n) is 2.23. The smallest absolute Gasteiger partial charge is 0.311 e. The fourth-order valence-corrected chi connectivity index (χ4v) is 3.26. The summed E-state index contributed by atoms with van der Waals surface area (Å²) in [5.41, 5.74) is 0.720. The third-order valence-electron chi connectivity index (χ3n) is 3.25. The Bertz CT molecular complexity index is 697. The van der Waals surface area contributed by atoms with E-state index in [1.165, 1.54) is 23.3 Å². The van der Waals surface area contributed by atoms with E-state index in [-0.39, 0.29) is 30.6 Å². The van der Waals surface area contributed by atoms with Crippen LogP contribution in [0.4, 0.5) is 5.13 Å². The fraction of sp³-hybridized carbons (Fsp3) is 0.308. The number of fused-ring (bicyclic) bond motifs is 1. The number of hydrogen-bond donors (Lipinski definition) is 1. The topological polar surface area (TPSA) is 79.7 Å². The van der Waals surface area contributed by atoms with Gasteiger partial charge in [-0.3, -0.25) is 14.5 Å². The first-order valence-electron chi connectivity index (χ1n) is 6.06. The number of methoxy groups -OCH3 is 1. The molecule has 3 rings (SSSR count). The van der Waals surface area contributed by atoms with Crippen LogP contribution in [0.5, 0.6) is 5.75 Å². The SMILES string of the molecule is COC(=O)C1CC(=O)N(c2nc3ccc(O)cc3s2)C1. The number of aromatic hydroxyl groups is 1. The van der Waals surface area contributed by atoms with Gasteiger partial charge in [-0.05, 0) is 18.2 Å². The van der Waals surface area contributed by atoms with E-state index >= 15 is 0 Å². The molecular formula is C13H12N2O4S. The molecule has 6 nitrogen and oxygen atoms in total. The van der Waals surface area contributed by atoms with Gasteiger partial charge in [0.2, 0.25) is 5.91 Å². The first-order chi connectivity index (χ1) is 9.58. The van der Waals surface area contributed by atoms with Gasteiger partial charge in [0.05, 0.1) is 23.2 Å². The molecule has 0 spiro atoms. The van der Waals surface area contributed by atoms with Crippen molar-refractivity contribution >= 4 is 38.6 Å². The van der Waals surface area contributed by atoms with E-state index in [1.807, 2.05) is 0 Å². The van der Waals surface area contributed by atoms with Crippen molar-refractivity contribution in [3.05, 3.63) is 18.2 Å². The zero-order valence-corrected chi connectivity index (χ0v) is 11.5. The van der Waals surface area contributed by atoms with Gasteiger partial charge in [-0.15, -0.1) is 0 Å². The number of benzene rings is 1. The first kappa shape index (κ1) is 12.9. The summed E-state index contributed by atoms with van der Waals surface area (Å²) in [6, 6.07) is 4.85. The molecule has 0 radical (unpaired) electrons. The molecule has 0 bridgehead atoms. The number of ether oxygens (including phenoxy) is 1. The van der Waals surface area contributed by atoms with Gasteiger partial charge in [-0.2, -0.15) is 0 Å². The number of nitrogens with zero attached hydrogens (tertiary/aromatic N) is 2. The maximum atomic E-state index is 12.0. The van der Waals surface area contributed by atoms with Crippen LogP contribution in [0.2, 0.25) is 0 Å². The van der Waals surface area contributed by atoms with Gasteiger partial charge in [-0.25, -0.2) is 4.98 Å². The molecule has 1 aromatic carbocycles. The highest BCUT2D eigenvalue weighted by Gasteiger charge is 2.37. The number of anilines is 1. The van der Waals surface area contributed by atoms with Crippen molar-refractivity contribution in [3.63, 3.8) is 0 Å². The second-order valence-corrected chi connectivity index (χ2v) is 5.59. The minimum atomic E-state index is -0.437. The number of aromatic nitrogens is 1. The molecule has 20 heavy (non-hydrogen) atoms. The molecule has 1 amide bonds. The molecule has 1 aromatic heterocycles. The van der Waals surface area contributed by atoms with E-state index in [9.17, 15) is 14.7 Å². The highest BCUT2D eigenvalue weighted by molar-refractivity contribution is 7.22. The normalized spacial score (nSPS) is 18.8. The highest BCUT2D eigenvalue weighted by Crippen LogP contribution is 2.34. The Morgan fingerprint density at radius 1 is 1.55 bits per heavy atom. The zero-order chi connectivity index (χ0) is 14.3. The lowest BCUT2D eigenvalue weighted by atomic mass is 10.1. The summed E-state index contributed by atoms with van der Waals surface area (Å²) in [5, 5.41) is 9.98. The molecule has 2 aromatic rings. The van der Waals surface area contributed by atoms with E-state index < -0.39 is 5.92 Å². The van der Waals surface area contributed by atoms with Gasteiger partial charge in [0, 0.05) is 13.0 Å². The number of phenols is 1. The van der Waals surface area contributed by atoms with Crippen molar-refractivity contribution in [2.75, 3.05) is 18.6 Å². The van der Waals surface area contributed by atoms with Gasteiger partial charge in [0.25, 0.3) is 0 Å². The zero-order valence-electron chi connectivity index (χ0n) is 10.7. The molecule has 1 unspecified atom stereocenters. The van der Waals surface area contributed by atoms with Crippen molar-refractivity contribution < 1.29 is 19.4 Å². The second-order valence-electron chi connectivity index (χ2n) is 4.58. The Kier molecular flexibility index (Phi) is 3.06. The molecule has 1 saturated heterocycles. The Labute approximate surface area is 118 Å². The summed E-state index contributed by atoms with van der Waals surface area (Å²) in [7, 11) is 1.32. The number of carbonyl (C=O) groups excluding carboxylic acids is 2. The van der Waals surface area contributed by atoms with Gasteiger partial charge in [0.1, 0.15) is 5.75 Å². The molecule has 1 aliphatic heterocycles. The molecule has 0 aliphatic carbocycles. The molecule has 1 aliphatic rings. The largest absolute Gasteiger partial charge is 0.508 e. The molecule has 1 fully saturated rings. The number of thiazole rings is 1. The molecule has 1 N–H and O–H groups in total. The molecular weight excluding hydrogens is 280 g/mol. The van der Waals surface area contributed by atoms with Crippen LogP contribution < -0.4 is 4.90 Å². The van der Waals surface area contributed by atoms with Crippen molar-refractivity contribution in [3.8, 4) is 5.75 Å². The second kappa shape index (κ2) is 4.75. The van der Waals surface area contributed by atoms with Crippen LogP contribution in [0.25, 0.3) is 10.2 Å². The molecule has 0 saturated carbocycles. The van der Waals surface area contributed by atoms with Crippen LogP contribution in [0.3, 0.4) is 0 Å². The Balaban J connectivity index is 1.91. The van der Waals surface area contributed by atoms with Gasteiger partial charge < -0.3 is 9.84 Å².